The van der Waals surface area contributed by atoms with Crippen LogP contribution in [0.3, 0.4) is 0 Å². The van der Waals surface area contributed by atoms with Crippen LogP contribution in [0.5, 0.6) is 11.5 Å². The fraction of sp³-hybridized carbons (Fsp3) is 0.657. The Labute approximate surface area is 273 Å². The summed E-state index contributed by atoms with van der Waals surface area (Å²) in [6, 6.07) is 4.15. The van der Waals surface area contributed by atoms with Crippen LogP contribution in [0.2, 0.25) is 0 Å². The quantitative estimate of drug-likeness (QED) is 0.326. The molecule has 46 heavy (non-hydrogen) atoms. The molecule has 2 aliphatic heterocycles. The van der Waals surface area contributed by atoms with Crippen molar-refractivity contribution in [3.05, 3.63) is 42.1 Å². The van der Waals surface area contributed by atoms with Gasteiger partial charge in [0.05, 0.1) is 11.8 Å². The van der Waals surface area contributed by atoms with E-state index in [-0.39, 0.29) is 46.9 Å². The number of alkyl carbamates (subject to hydrolysis) is 1. The van der Waals surface area contributed by atoms with Crippen LogP contribution in [0.15, 0.2) is 30.7 Å². The highest BCUT2D eigenvalue weighted by atomic mass is 19.1. The van der Waals surface area contributed by atoms with Crippen molar-refractivity contribution in [2.75, 3.05) is 37.6 Å². The molecule has 252 valence electrons. The number of nitrogens with zero attached hydrogens (tertiary/aromatic N) is 5. The van der Waals surface area contributed by atoms with Crippen molar-refractivity contribution in [1.29, 1.82) is 0 Å². The number of carbonyl (C=O) groups excluding carboxylic acids is 2. The Morgan fingerprint density at radius 2 is 1.72 bits per heavy atom. The molecule has 1 N–H and O–H groups in total. The zero-order valence-electron chi connectivity index (χ0n) is 28.5. The lowest BCUT2D eigenvalue weighted by Crippen LogP contribution is -2.72. The Bertz CT molecular complexity index is 1370. The summed E-state index contributed by atoms with van der Waals surface area (Å²) in [5, 5.41) is 3.04. The summed E-state index contributed by atoms with van der Waals surface area (Å²) in [6.45, 7) is 18.4. The van der Waals surface area contributed by atoms with E-state index in [0.29, 0.717) is 17.5 Å². The summed E-state index contributed by atoms with van der Waals surface area (Å²) in [7, 11) is 0. The molecule has 0 unspecified atom stereocenters. The van der Waals surface area contributed by atoms with Gasteiger partial charge in [0.25, 0.3) is 5.91 Å². The van der Waals surface area contributed by atoms with Crippen molar-refractivity contribution in [2.45, 2.75) is 104 Å². The molecule has 3 aliphatic rings. The first kappa shape index (κ1) is 33.9. The zero-order chi connectivity index (χ0) is 33.2. The molecule has 10 nitrogen and oxygen atoms in total. The van der Waals surface area contributed by atoms with E-state index in [1.165, 1.54) is 30.9 Å². The molecule has 0 radical (unpaired) electrons. The number of amides is 2. The van der Waals surface area contributed by atoms with Gasteiger partial charge in [0, 0.05) is 49.7 Å². The van der Waals surface area contributed by atoms with Crippen molar-refractivity contribution in [2.24, 2.45) is 11.3 Å². The van der Waals surface area contributed by atoms with Crippen LogP contribution in [-0.2, 0) is 4.74 Å². The third-order valence-electron chi connectivity index (χ3n) is 9.29. The molecule has 2 saturated heterocycles. The Kier molecular flexibility index (Phi) is 10.1. The summed E-state index contributed by atoms with van der Waals surface area (Å²) in [5.41, 5.74) is -0.0417. The second-order valence-electron chi connectivity index (χ2n) is 15.1. The Balaban J connectivity index is 1.10. The first-order chi connectivity index (χ1) is 21.7. The fourth-order valence-corrected chi connectivity index (χ4v) is 7.31. The van der Waals surface area contributed by atoms with E-state index in [4.69, 9.17) is 9.47 Å². The van der Waals surface area contributed by atoms with Gasteiger partial charge in [-0.05, 0) is 111 Å². The third-order valence-corrected chi connectivity index (χ3v) is 9.29. The van der Waals surface area contributed by atoms with Crippen LogP contribution in [-0.4, -0.2) is 88.2 Å². The summed E-state index contributed by atoms with van der Waals surface area (Å²) in [4.78, 5) is 40.8. The predicted octanol–water partition coefficient (Wildman–Crippen LogP) is 6.26. The number of anilines is 1. The van der Waals surface area contributed by atoms with Gasteiger partial charge >= 0.3 is 6.09 Å². The number of halogens is 1. The predicted molar refractivity (Wildman–Crippen MR) is 176 cm³/mol. The van der Waals surface area contributed by atoms with E-state index in [0.717, 1.165) is 58.4 Å². The van der Waals surface area contributed by atoms with Gasteiger partial charge in [-0.25, -0.2) is 19.2 Å². The SMILES string of the molecule is CC(C)N(C(=O)c1cc(F)ccc1Oc1cncnc1N1CC2(CN(CC[C@H]3CC[C@H](NC(=O)OC(C)(C)C)CC3)C2)C1)C(C)C. The molecule has 2 amide bonds. The zero-order valence-corrected chi connectivity index (χ0v) is 28.5. The topological polar surface area (TPSA) is 100 Å². The van der Waals surface area contributed by atoms with Crippen molar-refractivity contribution in [3.8, 4) is 11.5 Å². The highest BCUT2D eigenvalue weighted by Crippen LogP contribution is 2.44. The smallest absolute Gasteiger partial charge is 0.407 e. The van der Waals surface area contributed by atoms with Crippen LogP contribution >= 0.6 is 0 Å². The van der Waals surface area contributed by atoms with Gasteiger partial charge in [0.1, 0.15) is 23.5 Å². The molecule has 3 fully saturated rings. The standard InChI is InChI=1S/C35H51FN6O4/c1-23(2)42(24(3)4)32(43)28-16-26(36)10-13-29(28)45-30-17-37-22-38-31(30)41-20-35(21-41)18-40(19-35)15-14-25-8-11-27(12-9-25)39-33(44)46-34(5,6)7/h10,13,16-17,22-25,27H,8-9,11-12,14-15,18-21H2,1-7H3,(H,39,44)/t25-,27-. The number of benzene rings is 1. The normalized spacial score (nSPS) is 21.1. The minimum Gasteiger partial charge on any atom is -0.451 e. The molecule has 3 heterocycles. The fourth-order valence-electron chi connectivity index (χ4n) is 7.31. The number of rotatable bonds is 10. The van der Waals surface area contributed by atoms with Gasteiger partial charge < -0.3 is 29.5 Å². The minimum atomic E-state index is -0.491. The lowest BCUT2D eigenvalue weighted by molar-refractivity contribution is -0.0258. The maximum Gasteiger partial charge on any atom is 0.407 e. The van der Waals surface area contributed by atoms with E-state index < -0.39 is 11.4 Å². The highest BCUT2D eigenvalue weighted by molar-refractivity contribution is 5.97. The molecule has 5 rings (SSSR count). The lowest BCUT2D eigenvalue weighted by Gasteiger charge is -2.61. The Morgan fingerprint density at radius 3 is 2.35 bits per heavy atom. The molecule has 1 aliphatic carbocycles. The maximum atomic E-state index is 14.3. The number of carbonyl (C=O) groups is 2. The summed E-state index contributed by atoms with van der Waals surface area (Å²) in [5.74, 6) is 1.35. The number of hydrogen-bond donors (Lipinski definition) is 1. The van der Waals surface area contributed by atoms with Gasteiger partial charge in [-0.1, -0.05) is 0 Å². The number of ether oxygens (including phenoxy) is 2. The van der Waals surface area contributed by atoms with Gasteiger partial charge in [0.15, 0.2) is 11.6 Å². The van der Waals surface area contributed by atoms with E-state index in [2.05, 4.69) is 25.1 Å². The molecule has 11 heteroatoms. The van der Waals surface area contributed by atoms with E-state index in [9.17, 15) is 14.0 Å². The number of nitrogens with one attached hydrogen (secondary N) is 1. The molecule has 2 aromatic rings. The summed E-state index contributed by atoms with van der Waals surface area (Å²) >= 11 is 0. The van der Waals surface area contributed by atoms with Crippen LogP contribution in [0, 0.1) is 17.2 Å². The van der Waals surface area contributed by atoms with Crippen LogP contribution < -0.4 is 15.0 Å². The number of hydrogen-bond acceptors (Lipinski definition) is 8. The van der Waals surface area contributed by atoms with E-state index >= 15 is 0 Å². The van der Waals surface area contributed by atoms with Crippen LogP contribution in [0.1, 0.15) is 90.9 Å². The molecule has 1 aromatic carbocycles. The van der Waals surface area contributed by atoms with Crippen molar-refractivity contribution >= 4 is 17.8 Å². The molecule has 1 aromatic heterocycles. The van der Waals surface area contributed by atoms with Gasteiger partial charge in [-0.2, -0.15) is 0 Å². The monoisotopic (exact) mass is 638 g/mol. The van der Waals surface area contributed by atoms with Crippen LogP contribution in [0.4, 0.5) is 15.0 Å². The van der Waals surface area contributed by atoms with Crippen molar-refractivity contribution in [1.82, 2.24) is 25.1 Å². The van der Waals surface area contributed by atoms with Crippen LogP contribution in [0.25, 0.3) is 0 Å². The first-order valence-corrected chi connectivity index (χ1v) is 16.8. The first-order valence-electron chi connectivity index (χ1n) is 16.8. The van der Waals surface area contributed by atoms with Crippen molar-refractivity contribution < 1.29 is 23.5 Å². The number of likely N-dealkylation sites (tertiary alicyclic amines) is 1. The average molecular weight is 639 g/mol. The lowest BCUT2D eigenvalue weighted by atomic mass is 9.72. The second kappa shape index (κ2) is 13.7. The molecular weight excluding hydrogens is 587 g/mol. The van der Waals surface area contributed by atoms with Gasteiger partial charge in [0.2, 0.25) is 0 Å². The average Bonchev–Trinajstić information content (AvgIpc) is 2.92. The minimum absolute atomic E-state index is 0.0540. The van der Waals surface area contributed by atoms with Crippen molar-refractivity contribution in [3.63, 3.8) is 0 Å². The molecule has 0 atom stereocenters. The summed E-state index contributed by atoms with van der Waals surface area (Å²) < 4.78 is 26.0. The highest BCUT2D eigenvalue weighted by Gasteiger charge is 2.52. The maximum absolute atomic E-state index is 14.3. The van der Waals surface area contributed by atoms with E-state index in [1.54, 1.807) is 11.1 Å². The van der Waals surface area contributed by atoms with Gasteiger partial charge in [-0.15, -0.1) is 0 Å². The van der Waals surface area contributed by atoms with Gasteiger partial charge in [-0.3, -0.25) is 4.79 Å². The molecule has 1 saturated carbocycles. The second-order valence-corrected chi connectivity index (χ2v) is 15.1. The molecule has 1 spiro atoms. The molecule has 0 bridgehead atoms. The summed E-state index contributed by atoms with van der Waals surface area (Å²) in [6.07, 6.45) is 8.28. The third kappa shape index (κ3) is 8.08. The molecular formula is C35H51FN6O4. The largest absolute Gasteiger partial charge is 0.451 e. The Hall–Kier alpha value is -3.47. The Morgan fingerprint density at radius 1 is 1.04 bits per heavy atom. The number of aromatic nitrogens is 2. The van der Waals surface area contributed by atoms with E-state index in [1.807, 2.05) is 48.5 Å².